The van der Waals surface area contributed by atoms with Gasteiger partial charge in [-0.05, 0) is 31.2 Å². The fraction of sp³-hybridized carbons (Fsp3) is 0.304. The second kappa shape index (κ2) is 10.7. The van der Waals surface area contributed by atoms with Gasteiger partial charge in [-0.3, -0.25) is 14.5 Å². The first-order chi connectivity index (χ1) is 16.4. The molecule has 11 heteroatoms. The molecule has 3 N–H and O–H groups in total. The summed E-state index contributed by atoms with van der Waals surface area (Å²) in [5, 5.41) is 11.5. The lowest BCUT2D eigenvalue weighted by atomic mass is 10.1. The molecule has 34 heavy (non-hydrogen) atoms. The number of carbonyl (C=O) groups is 2. The third-order valence-electron chi connectivity index (χ3n) is 5.52. The van der Waals surface area contributed by atoms with E-state index in [0.29, 0.717) is 42.8 Å². The van der Waals surface area contributed by atoms with Crippen molar-refractivity contribution in [3.63, 3.8) is 0 Å². The summed E-state index contributed by atoms with van der Waals surface area (Å²) in [6, 6.07) is 13.5. The van der Waals surface area contributed by atoms with Crippen LogP contribution in [-0.2, 0) is 9.59 Å². The van der Waals surface area contributed by atoms with Crippen LogP contribution in [0.1, 0.15) is 5.56 Å². The van der Waals surface area contributed by atoms with Crippen molar-refractivity contribution in [1.29, 1.82) is 0 Å². The molecular weight excluding hydrogens is 457 g/mol. The molecule has 0 atom stereocenters. The molecule has 1 fully saturated rings. The molecule has 1 saturated heterocycles. The van der Waals surface area contributed by atoms with Crippen LogP contribution in [0.4, 0.5) is 10.1 Å². The van der Waals surface area contributed by atoms with Gasteiger partial charge in [0.25, 0.3) is 0 Å². The standard InChI is InChI=1S/C23H26FN7O2S/c1-16-2-4-17(5-3-16)22-27-28-23(31(22)25)34-15-21(33)30-12-10-29(11-13-30)14-20(32)26-19-8-6-18(24)7-9-19/h2-9H,10-15,25H2,1H3,(H,26,32). The number of thioether (sulfide) groups is 1. The zero-order chi connectivity index (χ0) is 24.1. The summed E-state index contributed by atoms with van der Waals surface area (Å²) in [5.74, 6) is 6.36. The number of piperazine rings is 1. The number of hydrogen-bond acceptors (Lipinski definition) is 7. The van der Waals surface area contributed by atoms with Crippen molar-refractivity contribution in [2.75, 3.05) is 49.6 Å². The van der Waals surface area contributed by atoms with E-state index in [0.717, 1.165) is 11.1 Å². The van der Waals surface area contributed by atoms with Crippen molar-refractivity contribution in [3.8, 4) is 11.4 Å². The van der Waals surface area contributed by atoms with Crippen molar-refractivity contribution in [3.05, 3.63) is 59.9 Å². The Labute approximate surface area is 201 Å². The van der Waals surface area contributed by atoms with Gasteiger partial charge in [0, 0.05) is 37.4 Å². The van der Waals surface area contributed by atoms with Crippen LogP contribution >= 0.6 is 11.8 Å². The van der Waals surface area contributed by atoms with E-state index < -0.39 is 0 Å². The average Bonchev–Trinajstić information content (AvgIpc) is 3.20. The predicted octanol–water partition coefficient (Wildman–Crippen LogP) is 1.98. The summed E-state index contributed by atoms with van der Waals surface area (Å²) in [6.45, 7) is 4.48. The zero-order valence-electron chi connectivity index (χ0n) is 18.8. The number of anilines is 1. The van der Waals surface area contributed by atoms with Crippen LogP contribution < -0.4 is 11.2 Å². The number of nitrogens with one attached hydrogen (secondary N) is 1. The van der Waals surface area contributed by atoms with Gasteiger partial charge < -0.3 is 16.1 Å². The lowest BCUT2D eigenvalue weighted by molar-refractivity contribution is -0.130. The summed E-state index contributed by atoms with van der Waals surface area (Å²) in [4.78, 5) is 28.7. The van der Waals surface area contributed by atoms with E-state index in [1.807, 2.05) is 36.1 Å². The average molecular weight is 484 g/mol. The Morgan fingerprint density at radius 2 is 1.71 bits per heavy atom. The molecule has 4 rings (SSSR count). The predicted molar refractivity (Wildman–Crippen MR) is 129 cm³/mol. The molecule has 0 radical (unpaired) electrons. The van der Waals surface area contributed by atoms with Crippen molar-refractivity contribution in [2.24, 2.45) is 0 Å². The van der Waals surface area contributed by atoms with Crippen LogP contribution in [0.3, 0.4) is 0 Å². The Hall–Kier alpha value is -3.44. The van der Waals surface area contributed by atoms with Crippen molar-refractivity contribution < 1.29 is 14.0 Å². The maximum Gasteiger partial charge on any atom is 0.238 e. The van der Waals surface area contributed by atoms with E-state index in [2.05, 4.69) is 15.5 Å². The highest BCUT2D eigenvalue weighted by Gasteiger charge is 2.23. The van der Waals surface area contributed by atoms with Gasteiger partial charge in [0.15, 0.2) is 5.82 Å². The summed E-state index contributed by atoms with van der Waals surface area (Å²) >= 11 is 1.25. The Morgan fingerprint density at radius 3 is 2.38 bits per heavy atom. The van der Waals surface area contributed by atoms with Crippen molar-refractivity contribution in [1.82, 2.24) is 24.7 Å². The van der Waals surface area contributed by atoms with Crippen LogP contribution in [0.25, 0.3) is 11.4 Å². The number of benzene rings is 2. The smallest absolute Gasteiger partial charge is 0.238 e. The maximum atomic E-state index is 13.0. The second-order valence-corrected chi connectivity index (χ2v) is 8.99. The highest BCUT2D eigenvalue weighted by atomic mass is 32.2. The van der Waals surface area contributed by atoms with Gasteiger partial charge in [0.05, 0.1) is 12.3 Å². The van der Waals surface area contributed by atoms with Crippen LogP contribution in [0.5, 0.6) is 0 Å². The van der Waals surface area contributed by atoms with E-state index in [-0.39, 0.29) is 29.9 Å². The zero-order valence-corrected chi connectivity index (χ0v) is 19.6. The quantitative estimate of drug-likeness (QED) is 0.391. The molecular formula is C23H26FN7O2S. The molecule has 0 unspecified atom stereocenters. The van der Waals surface area contributed by atoms with Crippen molar-refractivity contribution >= 4 is 29.3 Å². The number of nitrogens with zero attached hydrogens (tertiary/aromatic N) is 5. The number of aryl methyl sites for hydroxylation is 1. The number of aromatic nitrogens is 3. The number of rotatable bonds is 7. The molecule has 1 aromatic heterocycles. The summed E-state index contributed by atoms with van der Waals surface area (Å²) in [5.41, 5.74) is 2.55. The lowest BCUT2D eigenvalue weighted by Gasteiger charge is -2.34. The van der Waals surface area contributed by atoms with E-state index in [1.54, 1.807) is 4.90 Å². The highest BCUT2D eigenvalue weighted by molar-refractivity contribution is 7.99. The summed E-state index contributed by atoms with van der Waals surface area (Å²) < 4.78 is 14.4. The third-order valence-corrected chi connectivity index (χ3v) is 6.45. The van der Waals surface area contributed by atoms with E-state index >= 15 is 0 Å². The monoisotopic (exact) mass is 483 g/mol. The Bertz CT molecular complexity index is 1140. The Kier molecular flexibility index (Phi) is 7.43. The van der Waals surface area contributed by atoms with E-state index in [1.165, 1.54) is 40.7 Å². The molecule has 178 valence electrons. The van der Waals surface area contributed by atoms with Gasteiger partial charge in [-0.15, -0.1) is 10.2 Å². The van der Waals surface area contributed by atoms with Crippen molar-refractivity contribution in [2.45, 2.75) is 12.1 Å². The van der Waals surface area contributed by atoms with E-state index in [4.69, 9.17) is 5.84 Å². The molecule has 2 amide bonds. The minimum absolute atomic E-state index is 0.0136. The largest absolute Gasteiger partial charge is 0.339 e. The van der Waals surface area contributed by atoms with Gasteiger partial charge in [0.1, 0.15) is 5.82 Å². The fourth-order valence-electron chi connectivity index (χ4n) is 3.58. The van der Waals surface area contributed by atoms with Gasteiger partial charge >= 0.3 is 0 Å². The highest BCUT2D eigenvalue weighted by Crippen LogP contribution is 2.22. The summed E-state index contributed by atoms with van der Waals surface area (Å²) in [7, 11) is 0. The molecule has 3 aromatic rings. The van der Waals surface area contributed by atoms with Gasteiger partial charge in [0.2, 0.25) is 17.0 Å². The molecule has 0 aliphatic carbocycles. The van der Waals surface area contributed by atoms with Crippen LogP contribution in [0.15, 0.2) is 53.7 Å². The van der Waals surface area contributed by atoms with Gasteiger partial charge in [-0.25, -0.2) is 9.07 Å². The molecule has 1 aliphatic rings. The minimum atomic E-state index is -0.352. The SMILES string of the molecule is Cc1ccc(-c2nnc(SCC(=O)N3CCN(CC(=O)Nc4ccc(F)cc4)CC3)n2N)cc1. The first kappa shape index (κ1) is 23.7. The molecule has 2 aromatic carbocycles. The lowest BCUT2D eigenvalue weighted by Crippen LogP contribution is -2.50. The fourth-order valence-corrected chi connectivity index (χ4v) is 4.34. The number of carbonyl (C=O) groups excluding carboxylic acids is 2. The Balaban J connectivity index is 1.22. The Morgan fingerprint density at radius 1 is 1.03 bits per heavy atom. The topological polar surface area (TPSA) is 109 Å². The normalized spacial score (nSPS) is 14.2. The molecule has 1 aliphatic heterocycles. The number of amides is 2. The van der Waals surface area contributed by atoms with Gasteiger partial charge in [-0.2, -0.15) is 0 Å². The summed E-state index contributed by atoms with van der Waals surface area (Å²) in [6.07, 6.45) is 0. The maximum absolute atomic E-state index is 13.0. The number of hydrogen-bond donors (Lipinski definition) is 2. The van der Waals surface area contributed by atoms with E-state index in [9.17, 15) is 14.0 Å². The first-order valence-corrected chi connectivity index (χ1v) is 11.8. The molecule has 0 bridgehead atoms. The third kappa shape index (κ3) is 5.91. The van der Waals surface area contributed by atoms with Crippen LogP contribution in [0, 0.1) is 12.7 Å². The second-order valence-electron chi connectivity index (χ2n) is 8.04. The number of halogens is 1. The molecule has 0 saturated carbocycles. The number of nitrogens with two attached hydrogens (primary N) is 1. The molecule has 9 nitrogen and oxygen atoms in total. The van der Waals surface area contributed by atoms with Crippen LogP contribution in [-0.4, -0.2) is 75.0 Å². The first-order valence-electron chi connectivity index (χ1n) is 10.8. The van der Waals surface area contributed by atoms with Gasteiger partial charge in [-0.1, -0.05) is 41.6 Å². The van der Waals surface area contributed by atoms with Crippen LogP contribution in [0.2, 0.25) is 0 Å². The minimum Gasteiger partial charge on any atom is -0.339 e. The molecule has 0 spiro atoms. The molecule has 2 heterocycles. The number of nitrogen functional groups attached to an aromatic ring is 1.